The molecule has 1 heterocycles. The van der Waals surface area contributed by atoms with Gasteiger partial charge in [-0.1, -0.05) is 22.9 Å². The molecular weight excluding hydrogens is 386 g/mol. The highest BCUT2D eigenvalue weighted by Gasteiger charge is 2.18. The lowest BCUT2D eigenvalue weighted by Crippen LogP contribution is -2.09. The van der Waals surface area contributed by atoms with Crippen LogP contribution in [0.3, 0.4) is 0 Å². The highest BCUT2D eigenvalue weighted by Crippen LogP contribution is 2.25. The molecule has 1 aromatic carbocycles. The van der Waals surface area contributed by atoms with Crippen molar-refractivity contribution in [3.8, 4) is 0 Å². The van der Waals surface area contributed by atoms with E-state index < -0.39 is 0 Å². The summed E-state index contributed by atoms with van der Waals surface area (Å²) in [7, 11) is 1.85. The molecule has 0 unspecified atom stereocenters. The predicted molar refractivity (Wildman–Crippen MR) is 86.9 cm³/mol. The van der Waals surface area contributed by atoms with E-state index in [1.807, 2.05) is 14.0 Å². The lowest BCUT2D eigenvalue weighted by molar-refractivity contribution is 0.0990. The lowest BCUT2D eigenvalue weighted by atomic mass is 10.1. The van der Waals surface area contributed by atoms with Gasteiger partial charge in [-0.15, -0.1) is 0 Å². The van der Waals surface area contributed by atoms with Gasteiger partial charge in [0, 0.05) is 22.8 Å². The molecule has 0 saturated carbocycles. The number of hydrogen-bond donors (Lipinski definition) is 1. The molecular formula is C14H15Br2N3O. The summed E-state index contributed by atoms with van der Waals surface area (Å²) in [5, 5.41) is 4.40. The standard InChI is InChI=1S/C14H15Br2N3O/c1-3-11-14(16)12(19(2)18-11)7-13(20)9-6-8(17)4-5-10(9)15/h4-6H,3,7,17H2,1-2H3. The van der Waals surface area contributed by atoms with Gasteiger partial charge in [-0.2, -0.15) is 5.10 Å². The summed E-state index contributed by atoms with van der Waals surface area (Å²) in [5.41, 5.74) is 8.75. The number of Topliss-reactive ketones (excluding diaryl/α,β-unsaturated/α-hetero) is 1. The zero-order chi connectivity index (χ0) is 14.9. The summed E-state index contributed by atoms with van der Waals surface area (Å²) in [6.07, 6.45) is 1.11. The van der Waals surface area contributed by atoms with Crippen LogP contribution in [0, 0.1) is 0 Å². The molecule has 0 aliphatic carbocycles. The molecule has 0 radical (unpaired) electrons. The van der Waals surface area contributed by atoms with Crippen LogP contribution in [0.1, 0.15) is 28.7 Å². The maximum Gasteiger partial charge on any atom is 0.170 e. The number of carbonyl (C=O) groups is 1. The number of hydrogen-bond acceptors (Lipinski definition) is 3. The molecule has 106 valence electrons. The first kappa shape index (κ1) is 15.3. The van der Waals surface area contributed by atoms with Crippen LogP contribution < -0.4 is 5.73 Å². The van der Waals surface area contributed by atoms with E-state index in [0.29, 0.717) is 11.3 Å². The van der Waals surface area contributed by atoms with Gasteiger partial charge in [-0.3, -0.25) is 9.48 Å². The average molecular weight is 401 g/mol. The highest BCUT2D eigenvalue weighted by molar-refractivity contribution is 9.10. The van der Waals surface area contributed by atoms with Gasteiger partial charge < -0.3 is 5.73 Å². The summed E-state index contributed by atoms with van der Waals surface area (Å²) >= 11 is 6.91. The van der Waals surface area contributed by atoms with Crippen LogP contribution in [0.25, 0.3) is 0 Å². The van der Waals surface area contributed by atoms with Crippen LogP contribution in [0.4, 0.5) is 5.69 Å². The number of aryl methyl sites for hydroxylation is 2. The largest absolute Gasteiger partial charge is 0.399 e. The quantitative estimate of drug-likeness (QED) is 0.630. The Labute approximate surface area is 134 Å². The Balaban J connectivity index is 2.33. The summed E-state index contributed by atoms with van der Waals surface area (Å²) in [6.45, 7) is 2.03. The number of benzene rings is 1. The molecule has 4 nitrogen and oxygen atoms in total. The summed E-state index contributed by atoms with van der Waals surface area (Å²) in [5.74, 6) is 0.00975. The van der Waals surface area contributed by atoms with Crippen LogP contribution in [-0.2, 0) is 19.9 Å². The highest BCUT2D eigenvalue weighted by atomic mass is 79.9. The molecule has 0 aliphatic heterocycles. The Morgan fingerprint density at radius 1 is 1.40 bits per heavy atom. The molecule has 20 heavy (non-hydrogen) atoms. The van der Waals surface area contributed by atoms with E-state index in [1.165, 1.54) is 0 Å². The van der Waals surface area contributed by atoms with E-state index in [1.54, 1.807) is 22.9 Å². The van der Waals surface area contributed by atoms with Crippen LogP contribution >= 0.6 is 31.9 Å². The van der Waals surface area contributed by atoms with Crippen molar-refractivity contribution in [2.24, 2.45) is 7.05 Å². The molecule has 0 spiro atoms. The van der Waals surface area contributed by atoms with E-state index >= 15 is 0 Å². The van der Waals surface area contributed by atoms with E-state index in [-0.39, 0.29) is 12.2 Å². The first-order valence-electron chi connectivity index (χ1n) is 6.22. The Bertz CT molecular complexity index is 665. The number of ketones is 1. The van der Waals surface area contributed by atoms with Gasteiger partial charge >= 0.3 is 0 Å². The van der Waals surface area contributed by atoms with Crippen molar-refractivity contribution < 1.29 is 4.79 Å². The van der Waals surface area contributed by atoms with E-state index in [4.69, 9.17) is 5.73 Å². The van der Waals surface area contributed by atoms with Crippen LogP contribution in [0.2, 0.25) is 0 Å². The Morgan fingerprint density at radius 3 is 2.70 bits per heavy atom. The van der Waals surface area contributed by atoms with Gasteiger partial charge in [0.2, 0.25) is 0 Å². The topological polar surface area (TPSA) is 60.9 Å². The van der Waals surface area contributed by atoms with Crippen LogP contribution in [0.15, 0.2) is 27.1 Å². The fourth-order valence-electron chi connectivity index (χ4n) is 2.02. The first-order chi connectivity index (χ1) is 9.43. The number of nitrogens with two attached hydrogens (primary N) is 1. The number of nitrogens with zero attached hydrogens (tertiary/aromatic N) is 2. The molecule has 6 heteroatoms. The minimum Gasteiger partial charge on any atom is -0.399 e. The Morgan fingerprint density at radius 2 is 2.10 bits per heavy atom. The fourth-order valence-corrected chi connectivity index (χ4v) is 3.24. The normalized spacial score (nSPS) is 10.8. The SMILES string of the molecule is CCc1nn(C)c(CC(=O)c2cc(N)ccc2Br)c1Br. The summed E-state index contributed by atoms with van der Waals surface area (Å²) in [4.78, 5) is 12.4. The molecule has 0 fully saturated rings. The van der Waals surface area contributed by atoms with Crippen LogP contribution in [0.5, 0.6) is 0 Å². The zero-order valence-electron chi connectivity index (χ0n) is 11.3. The third-order valence-corrected chi connectivity index (χ3v) is 4.73. The van der Waals surface area contributed by atoms with Gasteiger partial charge in [-0.05, 0) is 40.5 Å². The second-order valence-electron chi connectivity index (χ2n) is 4.52. The molecule has 2 N–H and O–H groups in total. The van der Waals surface area contributed by atoms with Crippen molar-refractivity contribution in [3.63, 3.8) is 0 Å². The second kappa shape index (κ2) is 6.10. The van der Waals surface area contributed by atoms with E-state index in [2.05, 4.69) is 37.0 Å². The molecule has 0 saturated heterocycles. The van der Waals surface area contributed by atoms with E-state index in [0.717, 1.165) is 26.8 Å². The van der Waals surface area contributed by atoms with Gasteiger partial charge in [0.05, 0.1) is 22.3 Å². The van der Waals surface area contributed by atoms with E-state index in [9.17, 15) is 4.79 Å². The predicted octanol–water partition coefficient (Wildman–Crippen LogP) is 3.52. The Kier molecular flexibility index (Phi) is 4.65. The van der Waals surface area contributed by atoms with Crippen molar-refractivity contribution in [3.05, 3.63) is 44.1 Å². The van der Waals surface area contributed by atoms with Crippen molar-refractivity contribution in [2.45, 2.75) is 19.8 Å². The van der Waals surface area contributed by atoms with Crippen molar-refractivity contribution in [1.29, 1.82) is 0 Å². The van der Waals surface area contributed by atoms with Crippen molar-refractivity contribution in [2.75, 3.05) is 5.73 Å². The maximum absolute atomic E-state index is 12.4. The molecule has 2 rings (SSSR count). The van der Waals surface area contributed by atoms with Gasteiger partial charge in [-0.25, -0.2) is 0 Å². The monoisotopic (exact) mass is 399 g/mol. The minimum absolute atomic E-state index is 0.00975. The van der Waals surface area contributed by atoms with Gasteiger partial charge in [0.1, 0.15) is 0 Å². The molecule has 0 bridgehead atoms. The molecule has 0 aliphatic rings. The van der Waals surface area contributed by atoms with Crippen molar-refractivity contribution in [1.82, 2.24) is 9.78 Å². The fraction of sp³-hybridized carbons (Fsp3) is 0.286. The number of halogens is 2. The third kappa shape index (κ3) is 2.96. The van der Waals surface area contributed by atoms with Gasteiger partial charge in [0.25, 0.3) is 0 Å². The Hall–Kier alpha value is -1.14. The molecule has 0 amide bonds. The first-order valence-corrected chi connectivity index (χ1v) is 7.81. The number of rotatable bonds is 4. The van der Waals surface area contributed by atoms with Crippen LogP contribution in [-0.4, -0.2) is 15.6 Å². The zero-order valence-corrected chi connectivity index (χ0v) is 14.5. The average Bonchev–Trinajstić information content (AvgIpc) is 2.68. The lowest BCUT2D eigenvalue weighted by Gasteiger charge is -2.06. The third-order valence-electron chi connectivity index (χ3n) is 3.12. The summed E-state index contributed by atoms with van der Waals surface area (Å²) in [6, 6.07) is 5.24. The summed E-state index contributed by atoms with van der Waals surface area (Å²) < 4.78 is 3.42. The molecule has 1 aromatic heterocycles. The molecule has 0 atom stereocenters. The number of carbonyl (C=O) groups excluding carboxylic acids is 1. The number of aromatic nitrogens is 2. The molecule has 2 aromatic rings. The smallest absolute Gasteiger partial charge is 0.170 e. The number of anilines is 1. The van der Waals surface area contributed by atoms with Crippen molar-refractivity contribution >= 4 is 43.3 Å². The minimum atomic E-state index is 0.00975. The maximum atomic E-state index is 12.4. The van der Waals surface area contributed by atoms with Gasteiger partial charge in [0.15, 0.2) is 5.78 Å². The number of nitrogen functional groups attached to an aromatic ring is 1. The second-order valence-corrected chi connectivity index (χ2v) is 6.17.